The Morgan fingerprint density at radius 2 is 2.22 bits per heavy atom. The van der Waals surface area contributed by atoms with Gasteiger partial charge < -0.3 is 5.32 Å². The van der Waals surface area contributed by atoms with Crippen molar-refractivity contribution >= 4 is 11.7 Å². The third-order valence-electron chi connectivity index (χ3n) is 3.47. The molecular formula is C13H18N4O. The first-order valence-electron chi connectivity index (χ1n) is 6.32. The quantitative estimate of drug-likeness (QED) is 0.888. The van der Waals surface area contributed by atoms with E-state index >= 15 is 0 Å². The van der Waals surface area contributed by atoms with Gasteiger partial charge in [-0.1, -0.05) is 20.3 Å². The normalized spacial score (nSPS) is 15.3. The fourth-order valence-corrected chi connectivity index (χ4v) is 2.29. The third-order valence-corrected chi connectivity index (χ3v) is 3.47. The molecule has 1 aliphatic rings. The second kappa shape index (κ2) is 4.81. The van der Waals surface area contributed by atoms with Crippen molar-refractivity contribution < 1.29 is 4.79 Å². The van der Waals surface area contributed by atoms with Crippen LogP contribution >= 0.6 is 0 Å². The summed E-state index contributed by atoms with van der Waals surface area (Å²) in [5.41, 5.74) is 1.35. The van der Waals surface area contributed by atoms with E-state index < -0.39 is 0 Å². The number of nitrogens with zero attached hydrogens (tertiary/aromatic N) is 3. The molecule has 0 radical (unpaired) electrons. The van der Waals surface area contributed by atoms with Gasteiger partial charge >= 0.3 is 0 Å². The zero-order valence-electron chi connectivity index (χ0n) is 11.0. The zero-order valence-corrected chi connectivity index (χ0v) is 11.0. The molecule has 1 aromatic heterocycles. The van der Waals surface area contributed by atoms with Gasteiger partial charge in [0.1, 0.15) is 11.6 Å². The van der Waals surface area contributed by atoms with Crippen molar-refractivity contribution in [2.75, 3.05) is 5.32 Å². The fraction of sp³-hybridized carbons (Fsp3) is 0.615. The van der Waals surface area contributed by atoms with Crippen LogP contribution < -0.4 is 5.32 Å². The lowest BCUT2D eigenvalue weighted by molar-refractivity contribution is -0.122. The van der Waals surface area contributed by atoms with E-state index in [-0.39, 0.29) is 17.7 Å². The van der Waals surface area contributed by atoms with Gasteiger partial charge in [0.05, 0.1) is 5.69 Å². The molecule has 1 saturated carbocycles. The van der Waals surface area contributed by atoms with Crippen molar-refractivity contribution in [2.24, 2.45) is 13.0 Å². The molecule has 0 aromatic carbocycles. The number of aromatic nitrogens is 2. The number of hydrogen-bond donors (Lipinski definition) is 1. The van der Waals surface area contributed by atoms with Crippen molar-refractivity contribution in [3.05, 3.63) is 11.3 Å². The van der Waals surface area contributed by atoms with Crippen molar-refractivity contribution in [2.45, 2.75) is 39.0 Å². The molecule has 1 heterocycles. The van der Waals surface area contributed by atoms with Crippen molar-refractivity contribution in [3.8, 4) is 6.07 Å². The van der Waals surface area contributed by atoms with Crippen LogP contribution in [0.25, 0.3) is 0 Å². The number of aryl methyl sites for hydroxylation is 1. The third kappa shape index (κ3) is 2.10. The summed E-state index contributed by atoms with van der Waals surface area (Å²) in [6, 6.07) is 2.15. The van der Waals surface area contributed by atoms with Gasteiger partial charge in [0.25, 0.3) is 0 Å². The number of amides is 1. The summed E-state index contributed by atoms with van der Waals surface area (Å²) in [7, 11) is 1.80. The molecule has 1 fully saturated rings. The molecule has 0 aliphatic heterocycles. The van der Waals surface area contributed by atoms with Crippen molar-refractivity contribution in [1.29, 1.82) is 5.26 Å². The average molecular weight is 246 g/mol. The summed E-state index contributed by atoms with van der Waals surface area (Å²) in [5, 5.41) is 16.3. The molecule has 5 heteroatoms. The molecule has 0 spiro atoms. The van der Waals surface area contributed by atoms with E-state index in [1.165, 1.54) is 0 Å². The van der Waals surface area contributed by atoms with Crippen LogP contribution in [0, 0.1) is 17.2 Å². The highest BCUT2D eigenvalue weighted by Crippen LogP contribution is 2.29. The van der Waals surface area contributed by atoms with Crippen LogP contribution in [0.2, 0.25) is 0 Å². The molecule has 1 amide bonds. The Labute approximate surface area is 107 Å². The van der Waals surface area contributed by atoms with Gasteiger partial charge in [0.15, 0.2) is 5.82 Å². The van der Waals surface area contributed by atoms with E-state index in [1.807, 2.05) is 13.8 Å². The predicted molar refractivity (Wildman–Crippen MR) is 68.0 cm³/mol. The molecular weight excluding hydrogens is 228 g/mol. The highest BCUT2D eigenvalue weighted by atomic mass is 16.2. The minimum atomic E-state index is -0.00819. The molecule has 1 aliphatic carbocycles. The molecule has 2 rings (SSSR count). The minimum absolute atomic E-state index is 0.00819. The first kappa shape index (κ1) is 12.6. The number of nitrogens with one attached hydrogen (secondary N) is 1. The molecule has 96 valence electrons. The van der Waals surface area contributed by atoms with Crippen molar-refractivity contribution in [3.63, 3.8) is 0 Å². The predicted octanol–water partition coefficient (Wildman–Crippen LogP) is 2.15. The van der Waals surface area contributed by atoms with Gasteiger partial charge in [-0.3, -0.25) is 9.48 Å². The van der Waals surface area contributed by atoms with Crippen LogP contribution in [-0.4, -0.2) is 15.7 Å². The molecule has 5 nitrogen and oxygen atoms in total. The Hall–Kier alpha value is -1.83. The summed E-state index contributed by atoms with van der Waals surface area (Å²) in [5.74, 6) is 0.694. The molecule has 1 aromatic rings. The average Bonchev–Trinajstić information content (AvgIpc) is 2.51. The van der Waals surface area contributed by atoms with Crippen LogP contribution in [0.4, 0.5) is 5.82 Å². The number of carbonyl (C=O) groups excluding carboxylic acids is 1. The SMILES string of the molecule is CC(C)c1c(C#N)c(NC(=O)C2CCC2)nn1C. The molecule has 1 N–H and O–H groups in total. The van der Waals surface area contributed by atoms with E-state index in [0.29, 0.717) is 11.4 Å². The lowest BCUT2D eigenvalue weighted by atomic mass is 9.85. The largest absolute Gasteiger partial charge is 0.308 e. The van der Waals surface area contributed by atoms with Crippen LogP contribution in [0.3, 0.4) is 0 Å². The van der Waals surface area contributed by atoms with E-state index in [0.717, 1.165) is 25.0 Å². The van der Waals surface area contributed by atoms with Crippen LogP contribution in [0.5, 0.6) is 0 Å². The molecule has 0 unspecified atom stereocenters. The number of anilines is 1. The molecule has 18 heavy (non-hydrogen) atoms. The van der Waals surface area contributed by atoms with Crippen LogP contribution in [0.15, 0.2) is 0 Å². The van der Waals surface area contributed by atoms with E-state index in [4.69, 9.17) is 0 Å². The Bertz CT molecular complexity index is 506. The van der Waals surface area contributed by atoms with Gasteiger partial charge in [-0.2, -0.15) is 10.4 Å². The highest BCUT2D eigenvalue weighted by molar-refractivity contribution is 5.93. The number of hydrogen-bond acceptors (Lipinski definition) is 3. The number of carbonyl (C=O) groups is 1. The summed E-state index contributed by atoms with van der Waals surface area (Å²) >= 11 is 0. The topological polar surface area (TPSA) is 70.7 Å². The van der Waals surface area contributed by atoms with Gasteiger partial charge in [0, 0.05) is 13.0 Å². The zero-order chi connectivity index (χ0) is 13.3. The van der Waals surface area contributed by atoms with Crippen molar-refractivity contribution in [1.82, 2.24) is 9.78 Å². The molecule has 0 bridgehead atoms. The first-order chi connectivity index (χ1) is 8.54. The summed E-state index contributed by atoms with van der Waals surface area (Å²) < 4.78 is 1.68. The number of nitriles is 1. The second-order valence-electron chi connectivity index (χ2n) is 5.12. The maximum Gasteiger partial charge on any atom is 0.228 e. The lowest BCUT2D eigenvalue weighted by Gasteiger charge is -2.23. The Kier molecular flexibility index (Phi) is 3.37. The summed E-state index contributed by atoms with van der Waals surface area (Å²) in [6.07, 6.45) is 3.00. The lowest BCUT2D eigenvalue weighted by Crippen LogP contribution is -2.28. The standard InChI is InChI=1S/C13H18N4O/c1-8(2)11-10(7-14)12(16-17(11)3)15-13(18)9-5-4-6-9/h8-9H,4-6H2,1-3H3,(H,15,16,18). The van der Waals surface area contributed by atoms with Gasteiger partial charge in [-0.15, -0.1) is 0 Å². The van der Waals surface area contributed by atoms with E-state index in [1.54, 1.807) is 11.7 Å². The first-order valence-corrected chi connectivity index (χ1v) is 6.32. The maximum absolute atomic E-state index is 11.9. The van der Waals surface area contributed by atoms with Gasteiger partial charge in [-0.05, 0) is 18.8 Å². The van der Waals surface area contributed by atoms with Gasteiger partial charge in [-0.25, -0.2) is 0 Å². The Morgan fingerprint density at radius 1 is 1.56 bits per heavy atom. The molecule has 0 saturated heterocycles. The summed E-state index contributed by atoms with van der Waals surface area (Å²) in [6.45, 7) is 4.02. The summed E-state index contributed by atoms with van der Waals surface area (Å²) in [4.78, 5) is 11.9. The van der Waals surface area contributed by atoms with Crippen LogP contribution in [-0.2, 0) is 11.8 Å². The van der Waals surface area contributed by atoms with E-state index in [9.17, 15) is 10.1 Å². The fourth-order valence-electron chi connectivity index (χ4n) is 2.29. The molecule has 0 atom stereocenters. The second-order valence-corrected chi connectivity index (χ2v) is 5.12. The highest BCUT2D eigenvalue weighted by Gasteiger charge is 2.27. The van der Waals surface area contributed by atoms with Crippen LogP contribution in [0.1, 0.15) is 50.3 Å². The minimum Gasteiger partial charge on any atom is -0.308 e. The monoisotopic (exact) mass is 246 g/mol. The Balaban J connectivity index is 2.25. The smallest absolute Gasteiger partial charge is 0.228 e. The Morgan fingerprint density at radius 3 is 2.67 bits per heavy atom. The van der Waals surface area contributed by atoms with Gasteiger partial charge in [0.2, 0.25) is 5.91 Å². The van der Waals surface area contributed by atoms with E-state index in [2.05, 4.69) is 16.5 Å². The maximum atomic E-state index is 11.9. The number of rotatable bonds is 3.